The minimum absolute atomic E-state index is 0.674. The lowest BCUT2D eigenvalue weighted by atomic mass is 10.6. The number of aromatic nitrogens is 5. The summed E-state index contributed by atoms with van der Waals surface area (Å²) in [5.74, 6) is 0. The molecular formula is C5H4IN5S. The number of alkyl halides is 1. The van der Waals surface area contributed by atoms with Crippen LogP contribution in [0.4, 0.5) is 0 Å². The first-order chi connectivity index (χ1) is 5.90. The van der Waals surface area contributed by atoms with E-state index in [0.29, 0.717) is 5.65 Å². The van der Waals surface area contributed by atoms with Crippen molar-refractivity contribution in [3.8, 4) is 0 Å². The molecule has 0 aliphatic carbocycles. The molecule has 0 spiro atoms. The number of hydrogen-bond acceptors (Lipinski definition) is 5. The van der Waals surface area contributed by atoms with E-state index in [9.17, 15) is 0 Å². The van der Waals surface area contributed by atoms with Gasteiger partial charge in [0.25, 0.3) is 0 Å². The van der Waals surface area contributed by atoms with Gasteiger partial charge in [-0.2, -0.15) is 0 Å². The maximum atomic E-state index is 4.16. The van der Waals surface area contributed by atoms with Gasteiger partial charge in [-0.15, -0.1) is 14.8 Å². The second-order valence-corrected chi connectivity index (χ2v) is 4.75. The summed E-state index contributed by atoms with van der Waals surface area (Å²) in [6, 6.07) is 3.76. The minimum Gasteiger partial charge on any atom is -0.140 e. The van der Waals surface area contributed by atoms with Crippen molar-refractivity contribution in [2.45, 2.75) is 5.03 Å². The van der Waals surface area contributed by atoms with Gasteiger partial charge >= 0.3 is 0 Å². The SMILES string of the molecule is ICSc1ccc2nnnn2n1. The van der Waals surface area contributed by atoms with Gasteiger partial charge in [0.15, 0.2) is 5.65 Å². The number of nitrogens with zero attached hydrogens (tertiary/aromatic N) is 5. The third kappa shape index (κ3) is 1.51. The zero-order chi connectivity index (χ0) is 8.39. The lowest BCUT2D eigenvalue weighted by Gasteiger charge is -1.94. The molecule has 2 rings (SSSR count). The Labute approximate surface area is 86.1 Å². The van der Waals surface area contributed by atoms with E-state index in [4.69, 9.17) is 0 Å². The van der Waals surface area contributed by atoms with Crippen LogP contribution < -0.4 is 0 Å². The monoisotopic (exact) mass is 293 g/mol. The van der Waals surface area contributed by atoms with Gasteiger partial charge in [0.05, 0.1) is 3.76 Å². The molecule has 0 unspecified atom stereocenters. The van der Waals surface area contributed by atoms with E-state index in [1.165, 1.54) is 4.63 Å². The summed E-state index contributed by atoms with van der Waals surface area (Å²) in [5, 5.41) is 16.0. The summed E-state index contributed by atoms with van der Waals surface area (Å²) in [4.78, 5) is 0. The molecule has 0 N–H and O–H groups in total. The van der Waals surface area contributed by atoms with Crippen LogP contribution in [0, 0.1) is 0 Å². The summed E-state index contributed by atoms with van der Waals surface area (Å²) in [6.07, 6.45) is 0. The summed E-state index contributed by atoms with van der Waals surface area (Å²) in [6.45, 7) is 0. The zero-order valence-electron chi connectivity index (χ0n) is 5.88. The fourth-order valence-electron chi connectivity index (χ4n) is 0.766. The molecule has 0 bridgehead atoms. The number of halogens is 1. The topological polar surface area (TPSA) is 56.0 Å². The van der Waals surface area contributed by atoms with Crippen LogP contribution >= 0.6 is 34.4 Å². The molecule has 0 amide bonds. The molecule has 0 saturated carbocycles. The quantitative estimate of drug-likeness (QED) is 0.470. The number of tetrazole rings is 1. The third-order valence-electron chi connectivity index (χ3n) is 1.25. The van der Waals surface area contributed by atoms with E-state index in [1.54, 1.807) is 11.8 Å². The van der Waals surface area contributed by atoms with Crippen LogP contribution in [0.2, 0.25) is 0 Å². The highest BCUT2D eigenvalue weighted by Crippen LogP contribution is 2.16. The van der Waals surface area contributed by atoms with Crippen LogP contribution in [0.5, 0.6) is 0 Å². The van der Waals surface area contributed by atoms with E-state index < -0.39 is 0 Å². The standard InChI is InChI=1S/C5H4IN5S/c6-3-12-5-2-1-4-7-9-10-11(4)8-5/h1-2H,3H2. The second-order valence-electron chi connectivity index (χ2n) is 1.95. The Balaban J connectivity index is 2.46. The lowest BCUT2D eigenvalue weighted by molar-refractivity contribution is 0.703. The van der Waals surface area contributed by atoms with Crippen LogP contribution in [0.25, 0.3) is 5.65 Å². The van der Waals surface area contributed by atoms with Crippen molar-refractivity contribution in [1.82, 2.24) is 25.3 Å². The number of fused-ring (bicyclic) bond motifs is 1. The number of rotatable bonds is 2. The minimum atomic E-state index is 0.674. The van der Waals surface area contributed by atoms with Crippen molar-refractivity contribution < 1.29 is 0 Å². The number of hydrogen-bond donors (Lipinski definition) is 0. The first-order valence-corrected chi connectivity index (χ1v) is 5.65. The smallest absolute Gasteiger partial charge is 0.140 e. The third-order valence-corrected chi connectivity index (χ3v) is 2.80. The van der Waals surface area contributed by atoms with Gasteiger partial charge < -0.3 is 0 Å². The Hall–Kier alpha value is -0.440. The molecular weight excluding hydrogens is 289 g/mol. The molecule has 5 nitrogen and oxygen atoms in total. The van der Waals surface area contributed by atoms with Gasteiger partial charge in [-0.1, -0.05) is 34.4 Å². The molecule has 0 atom stereocenters. The fourth-order valence-corrected chi connectivity index (χ4v) is 2.13. The highest BCUT2D eigenvalue weighted by atomic mass is 127. The molecule has 0 aliphatic heterocycles. The van der Waals surface area contributed by atoms with Crippen LogP contribution in [0.1, 0.15) is 0 Å². The predicted molar refractivity (Wildman–Crippen MR) is 53.3 cm³/mol. The molecule has 0 fully saturated rings. The lowest BCUT2D eigenvalue weighted by Crippen LogP contribution is -1.94. The molecule has 7 heteroatoms. The Morgan fingerprint density at radius 3 is 3.25 bits per heavy atom. The molecule has 2 aromatic heterocycles. The molecule has 0 aromatic carbocycles. The number of thioether (sulfide) groups is 1. The van der Waals surface area contributed by atoms with Gasteiger partial charge in [0.1, 0.15) is 5.03 Å². The molecule has 2 aromatic rings. The maximum absolute atomic E-state index is 4.16. The Bertz CT molecular complexity index is 388. The van der Waals surface area contributed by atoms with Crippen molar-refractivity contribution in [3.63, 3.8) is 0 Å². The van der Waals surface area contributed by atoms with Crippen LogP contribution in [-0.2, 0) is 0 Å². The summed E-state index contributed by atoms with van der Waals surface area (Å²) < 4.78 is 2.40. The van der Waals surface area contributed by atoms with E-state index in [-0.39, 0.29) is 0 Å². The van der Waals surface area contributed by atoms with Crippen LogP contribution in [0.3, 0.4) is 0 Å². The van der Waals surface area contributed by atoms with Crippen molar-refractivity contribution >= 4 is 40.0 Å². The van der Waals surface area contributed by atoms with Gasteiger partial charge in [-0.05, 0) is 22.6 Å². The largest absolute Gasteiger partial charge is 0.200 e. The van der Waals surface area contributed by atoms with E-state index >= 15 is 0 Å². The van der Waals surface area contributed by atoms with Crippen molar-refractivity contribution in [1.29, 1.82) is 0 Å². The summed E-state index contributed by atoms with van der Waals surface area (Å²) in [7, 11) is 0. The zero-order valence-corrected chi connectivity index (χ0v) is 8.86. The van der Waals surface area contributed by atoms with Gasteiger partial charge in [-0.3, -0.25) is 0 Å². The Morgan fingerprint density at radius 2 is 2.42 bits per heavy atom. The first-order valence-electron chi connectivity index (χ1n) is 3.14. The highest BCUT2D eigenvalue weighted by Gasteiger charge is 1.99. The summed E-state index contributed by atoms with van der Waals surface area (Å²) >= 11 is 3.93. The van der Waals surface area contributed by atoms with Gasteiger partial charge in [0.2, 0.25) is 0 Å². The van der Waals surface area contributed by atoms with E-state index in [0.717, 1.165) is 8.79 Å². The Morgan fingerprint density at radius 1 is 1.50 bits per heavy atom. The van der Waals surface area contributed by atoms with Gasteiger partial charge in [-0.25, -0.2) is 0 Å². The van der Waals surface area contributed by atoms with E-state index in [2.05, 4.69) is 43.2 Å². The molecule has 2 heterocycles. The van der Waals surface area contributed by atoms with Crippen LogP contribution in [0.15, 0.2) is 17.2 Å². The first kappa shape index (κ1) is 8.17. The predicted octanol–water partition coefficient (Wildman–Crippen LogP) is 1.00. The summed E-state index contributed by atoms with van der Waals surface area (Å²) in [5.41, 5.74) is 0.674. The van der Waals surface area contributed by atoms with Crippen LogP contribution in [-0.4, -0.2) is 29.0 Å². The molecule has 0 radical (unpaired) electrons. The average Bonchev–Trinajstić information content (AvgIpc) is 2.51. The normalized spacial score (nSPS) is 10.8. The molecule has 0 aliphatic rings. The maximum Gasteiger partial charge on any atom is 0.200 e. The second kappa shape index (κ2) is 3.52. The van der Waals surface area contributed by atoms with Gasteiger partial charge in [0, 0.05) is 0 Å². The Kier molecular flexibility index (Phi) is 2.40. The molecule has 0 saturated heterocycles. The van der Waals surface area contributed by atoms with Crippen molar-refractivity contribution in [2.24, 2.45) is 0 Å². The van der Waals surface area contributed by atoms with Crippen molar-refractivity contribution in [3.05, 3.63) is 12.1 Å². The molecule has 12 heavy (non-hydrogen) atoms. The fraction of sp³-hybridized carbons (Fsp3) is 0.200. The van der Waals surface area contributed by atoms with Crippen molar-refractivity contribution in [2.75, 3.05) is 3.76 Å². The highest BCUT2D eigenvalue weighted by molar-refractivity contribution is 14.1. The molecule has 62 valence electrons. The van der Waals surface area contributed by atoms with E-state index in [1.807, 2.05) is 12.1 Å². The average molecular weight is 293 g/mol.